The van der Waals surface area contributed by atoms with Gasteiger partial charge < -0.3 is 16.2 Å². The molecule has 0 heterocycles. The molecule has 0 aliphatic rings. The van der Waals surface area contributed by atoms with Crippen LogP contribution in [0.25, 0.3) is 0 Å². The Morgan fingerprint density at radius 1 is 1.33 bits per heavy atom. The second kappa shape index (κ2) is 4.28. The van der Waals surface area contributed by atoms with Gasteiger partial charge in [0.05, 0.1) is 5.69 Å². The fourth-order valence-electron chi connectivity index (χ4n) is 1.04. The van der Waals surface area contributed by atoms with Gasteiger partial charge in [0.2, 0.25) is 0 Å². The molecule has 15 heavy (non-hydrogen) atoms. The maximum Gasteiger partial charge on any atom is 0.573 e. The third kappa shape index (κ3) is 3.00. The van der Waals surface area contributed by atoms with E-state index in [-0.39, 0.29) is 12.2 Å². The average molecular weight is 285 g/mol. The smallest absolute Gasteiger partial charge is 0.404 e. The zero-order valence-corrected chi connectivity index (χ0v) is 9.02. The van der Waals surface area contributed by atoms with Gasteiger partial charge in [0.1, 0.15) is 0 Å². The minimum absolute atomic E-state index is 0.0292. The Morgan fingerprint density at radius 3 is 2.40 bits per heavy atom. The van der Waals surface area contributed by atoms with Crippen molar-refractivity contribution in [3.8, 4) is 5.75 Å². The highest BCUT2D eigenvalue weighted by Crippen LogP contribution is 2.34. The van der Waals surface area contributed by atoms with Crippen molar-refractivity contribution in [1.82, 2.24) is 0 Å². The molecule has 0 atom stereocenters. The summed E-state index contributed by atoms with van der Waals surface area (Å²) in [7, 11) is 0. The van der Waals surface area contributed by atoms with Gasteiger partial charge in [0.15, 0.2) is 5.75 Å². The van der Waals surface area contributed by atoms with Gasteiger partial charge in [0.25, 0.3) is 0 Å². The summed E-state index contributed by atoms with van der Waals surface area (Å²) in [5.74, 6) is -0.439. The molecule has 4 N–H and O–H groups in total. The van der Waals surface area contributed by atoms with Crippen LogP contribution >= 0.6 is 15.9 Å². The van der Waals surface area contributed by atoms with Crippen LogP contribution in [0.2, 0.25) is 0 Å². The summed E-state index contributed by atoms with van der Waals surface area (Å²) in [5, 5.41) is 0. The number of benzene rings is 1. The molecule has 0 spiro atoms. The first-order chi connectivity index (χ1) is 6.85. The first-order valence-corrected chi connectivity index (χ1v) is 4.67. The Labute approximate surface area is 92.3 Å². The van der Waals surface area contributed by atoms with Crippen molar-refractivity contribution in [2.75, 3.05) is 5.73 Å². The van der Waals surface area contributed by atoms with Crippen LogP contribution in [0.4, 0.5) is 18.9 Å². The predicted molar refractivity (Wildman–Crippen MR) is 53.1 cm³/mol. The molecular weight excluding hydrogens is 277 g/mol. The van der Waals surface area contributed by atoms with Crippen LogP contribution in [-0.4, -0.2) is 6.36 Å². The van der Waals surface area contributed by atoms with E-state index in [9.17, 15) is 13.2 Å². The Balaban J connectivity index is 3.11. The van der Waals surface area contributed by atoms with Gasteiger partial charge >= 0.3 is 6.36 Å². The summed E-state index contributed by atoms with van der Waals surface area (Å²) in [6.07, 6.45) is -4.76. The normalized spacial score (nSPS) is 11.5. The van der Waals surface area contributed by atoms with Crippen molar-refractivity contribution in [3.63, 3.8) is 0 Å². The molecule has 0 fully saturated rings. The van der Waals surface area contributed by atoms with Crippen molar-refractivity contribution in [2.45, 2.75) is 12.9 Å². The molecule has 1 aromatic carbocycles. The molecule has 0 amide bonds. The first-order valence-electron chi connectivity index (χ1n) is 3.88. The lowest BCUT2D eigenvalue weighted by atomic mass is 10.1. The number of anilines is 1. The molecule has 1 aromatic rings. The van der Waals surface area contributed by atoms with E-state index in [1.807, 2.05) is 0 Å². The fraction of sp³-hybridized carbons (Fsp3) is 0.250. The molecule has 3 nitrogen and oxygen atoms in total. The third-order valence-corrected chi connectivity index (χ3v) is 2.43. The number of nitrogens with two attached hydrogens (primary N) is 2. The van der Waals surface area contributed by atoms with E-state index in [1.54, 1.807) is 0 Å². The summed E-state index contributed by atoms with van der Waals surface area (Å²) >= 11 is 3.12. The van der Waals surface area contributed by atoms with Crippen molar-refractivity contribution in [3.05, 3.63) is 22.2 Å². The summed E-state index contributed by atoms with van der Waals surface area (Å²) < 4.78 is 40.1. The average Bonchev–Trinajstić information content (AvgIpc) is 2.09. The highest BCUT2D eigenvalue weighted by atomic mass is 79.9. The molecule has 7 heteroatoms. The van der Waals surface area contributed by atoms with Gasteiger partial charge in [-0.1, -0.05) is 15.9 Å². The summed E-state index contributed by atoms with van der Waals surface area (Å²) in [6, 6.07) is 2.53. The third-order valence-electron chi connectivity index (χ3n) is 1.69. The molecule has 0 unspecified atom stereocenters. The number of rotatable bonds is 2. The number of halogens is 4. The van der Waals surface area contributed by atoms with E-state index in [4.69, 9.17) is 11.5 Å². The van der Waals surface area contributed by atoms with Crippen molar-refractivity contribution >= 4 is 21.6 Å². The largest absolute Gasteiger partial charge is 0.573 e. The van der Waals surface area contributed by atoms with E-state index in [0.29, 0.717) is 10.0 Å². The van der Waals surface area contributed by atoms with Crippen LogP contribution in [0, 0.1) is 0 Å². The van der Waals surface area contributed by atoms with Crippen LogP contribution in [0.5, 0.6) is 5.75 Å². The van der Waals surface area contributed by atoms with Gasteiger partial charge in [0, 0.05) is 16.6 Å². The zero-order chi connectivity index (χ0) is 11.6. The number of hydrogen-bond acceptors (Lipinski definition) is 3. The predicted octanol–water partition coefficient (Wildman–Crippen LogP) is 2.39. The van der Waals surface area contributed by atoms with Crippen molar-refractivity contribution in [2.24, 2.45) is 5.73 Å². The molecule has 0 bridgehead atoms. The number of ether oxygens (including phenoxy) is 1. The van der Waals surface area contributed by atoms with Crippen LogP contribution in [0.3, 0.4) is 0 Å². The Morgan fingerprint density at radius 2 is 1.93 bits per heavy atom. The molecule has 0 radical (unpaired) electrons. The number of hydrogen-bond donors (Lipinski definition) is 2. The number of alkyl halides is 3. The van der Waals surface area contributed by atoms with Crippen LogP contribution in [0.1, 0.15) is 5.56 Å². The highest BCUT2D eigenvalue weighted by Gasteiger charge is 2.32. The standard InChI is InChI=1S/C8H8BrF3N2O/c9-5-1-2-6(15-8(10,11)12)7(14)4(5)3-13/h1-2H,3,13-14H2. The van der Waals surface area contributed by atoms with Crippen LogP contribution in [-0.2, 0) is 6.54 Å². The minimum atomic E-state index is -4.76. The van der Waals surface area contributed by atoms with Crippen LogP contribution in [0.15, 0.2) is 16.6 Å². The SMILES string of the molecule is NCc1c(Br)ccc(OC(F)(F)F)c1N. The molecule has 0 aromatic heterocycles. The molecule has 0 saturated carbocycles. The molecular formula is C8H8BrF3N2O. The van der Waals surface area contributed by atoms with Gasteiger partial charge in [-0.25, -0.2) is 0 Å². The molecule has 0 saturated heterocycles. The lowest BCUT2D eigenvalue weighted by molar-refractivity contribution is -0.274. The Kier molecular flexibility index (Phi) is 3.46. The Bertz CT molecular complexity index is 368. The van der Waals surface area contributed by atoms with Crippen molar-refractivity contribution in [1.29, 1.82) is 0 Å². The van der Waals surface area contributed by atoms with E-state index < -0.39 is 12.1 Å². The minimum Gasteiger partial charge on any atom is -0.404 e. The summed E-state index contributed by atoms with van der Waals surface area (Å²) in [6.45, 7) is 0.0292. The molecule has 84 valence electrons. The van der Waals surface area contributed by atoms with E-state index in [2.05, 4.69) is 20.7 Å². The highest BCUT2D eigenvalue weighted by molar-refractivity contribution is 9.10. The van der Waals surface area contributed by atoms with Gasteiger partial charge in [-0.05, 0) is 12.1 Å². The lowest BCUT2D eigenvalue weighted by Crippen LogP contribution is -2.18. The second-order valence-electron chi connectivity index (χ2n) is 2.69. The zero-order valence-electron chi connectivity index (χ0n) is 7.44. The summed E-state index contributed by atoms with van der Waals surface area (Å²) in [5.41, 5.74) is 11.1. The monoisotopic (exact) mass is 284 g/mol. The van der Waals surface area contributed by atoms with E-state index in [1.165, 1.54) is 6.07 Å². The first kappa shape index (κ1) is 12.1. The molecule has 0 aliphatic carbocycles. The van der Waals surface area contributed by atoms with Crippen LogP contribution < -0.4 is 16.2 Å². The lowest BCUT2D eigenvalue weighted by Gasteiger charge is -2.14. The fourth-order valence-corrected chi connectivity index (χ4v) is 1.55. The topological polar surface area (TPSA) is 61.3 Å². The molecule has 0 aliphatic heterocycles. The van der Waals surface area contributed by atoms with Gasteiger partial charge in [-0.2, -0.15) is 0 Å². The number of nitrogen functional groups attached to an aromatic ring is 1. The summed E-state index contributed by atoms with van der Waals surface area (Å²) in [4.78, 5) is 0. The van der Waals surface area contributed by atoms with Gasteiger partial charge in [-0.15, -0.1) is 13.2 Å². The quantitative estimate of drug-likeness (QED) is 0.820. The Hall–Kier alpha value is -0.950. The maximum absolute atomic E-state index is 11.9. The maximum atomic E-state index is 11.9. The van der Waals surface area contributed by atoms with Crippen molar-refractivity contribution < 1.29 is 17.9 Å². The van der Waals surface area contributed by atoms with Gasteiger partial charge in [-0.3, -0.25) is 0 Å². The second-order valence-corrected chi connectivity index (χ2v) is 3.54. The van der Waals surface area contributed by atoms with E-state index in [0.717, 1.165) is 6.07 Å². The van der Waals surface area contributed by atoms with E-state index >= 15 is 0 Å². The molecule has 1 rings (SSSR count).